The van der Waals surface area contributed by atoms with Crippen LogP contribution in [-0.4, -0.2) is 51.2 Å². The summed E-state index contributed by atoms with van der Waals surface area (Å²) in [5, 5.41) is 11.9. The fraction of sp³-hybridized carbons (Fsp3) is 0.345. The summed E-state index contributed by atoms with van der Waals surface area (Å²) in [6, 6.07) is 24.6. The van der Waals surface area contributed by atoms with Crippen molar-refractivity contribution >= 4 is 5.91 Å². The average Bonchev–Trinajstić information content (AvgIpc) is 2.94. The Hall–Kier alpha value is -3.56. The zero-order valence-electron chi connectivity index (χ0n) is 21.3. The summed E-state index contributed by atoms with van der Waals surface area (Å²) in [6.45, 7) is -0.282. The van der Waals surface area contributed by atoms with Crippen molar-refractivity contribution in [3.05, 3.63) is 95.6 Å². The second-order valence-corrected chi connectivity index (χ2v) is 8.76. The molecule has 38 heavy (non-hydrogen) atoms. The van der Waals surface area contributed by atoms with E-state index in [1.54, 1.807) is 14.2 Å². The van der Waals surface area contributed by atoms with Crippen molar-refractivity contribution in [2.75, 3.05) is 34.0 Å². The Balaban J connectivity index is 1.92. The molecule has 0 spiro atoms. The largest absolute Gasteiger partial charge is 0.497 e. The number of carbonyl (C=O) groups is 1. The van der Waals surface area contributed by atoms with Crippen LogP contribution in [0.25, 0.3) is 0 Å². The zero-order chi connectivity index (χ0) is 27.6. The normalized spacial score (nSPS) is 12.6. The highest BCUT2D eigenvalue weighted by Crippen LogP contribution is 2.42. The Morgan fingerprint density at radius 2 is 1.34 bits per heavy atom. The highest BCUT2D eigenvalue weighted by Gasteiger charge is 2.39. The number of aliphatic hydroxyl groups is 1. The molecular weight excluding hydrogens is 499 g/mol. The van der Waals surface area contributed by atoms with E-state index in [0.29, 0.717) is 17.9 Å². The van der Waals surface area contributed by atoms with E-state index in [9.17, 15) is 23.1 Å². The van der Waals surface area contributed by atoms with Gasteiger partial charge in [-0.25, -0.2) is 0 Å². The maximum atomic E-state index is 12.4. The van der Waals surface area contributed by atoms with E-state index >= 15 is 0 Å². The number of methoxy groups -OCH3 is 2. The summed E-state index contributed by atoms with van der Waals surface area (Å²) in [4.78, 5) is 11.1. The molecule has 6 nitrogen and oxygen atoms in total. The summed E-state index contributed by atoms with van der Waals surface area (Å²) in [5.74, 6) is -0.993. The third-order valence-corrected chi connectivity index (χ3v) is 6.30. The Morgan fingerprint density at radius 3 is 1.79 bits per heavy atom. The van der Waals surface area contributed by atoms with Crippen LogP contribution in [0.4, 0.5) is 13.2 Å². The van der Waals surface area contributed by atoms with Crippen molar-refractivity contribution in [3.8, 4) is 11.5 Å². The summed E-state index contributed by atoms with van der Waals surface area (Å²) in [6.07, 6.45) is -4.32. The lowest BCUT2D eigenvalue weighted by molar-refractivity contribution is -0.173. The number of aliphatic hydroxyl groups excluding tert-OH is 1. The molecule has 3 rings (SSSR count). The van der Waals surface area contributed by atoms with Crippen molar-refractivity contribution in [1.29, 1.82) is 0 Å². The van der Waals surface area contributed by atoms with E-state index in [1.165, 1.54) is 0 Å². The molecule has 1 unspecified atom stereocenters. The number of rotatable bonds is 13. The molecule has 0 aliphatic rings. The lowest BCUT2D eigenvalue weighted by Gasteiger charge is -2.37. The number of carbonyl (C=O) groups excluding carboxylic acids is 1. The first-order chi connectivity index (χ1) is 18.2. The first-order valence-electron chi connectivity index (χ1n) is 12.2. The molecule has 204 valence electrons. The highest BCUT2D eigenvalue weighted by molar-refractivity contribution is 5.81. The Kier molecular flexibility index (Phi) is 10.2. The number of ether oxygens (including phenoxy) is 3. The molecule has 0 radical (unpaired) electrons. The molecule has 3 aromatic carbocycles. The van der Waals surface area contributed by atoms with Crippen molar-refractivity contribution in [2.24, 2.45) is 5.92 Å². The summed E-state index contributed by atoms with van der Waals surface area (Å²) in [7, 11) is 3.17. The van der Waals surface area contributed by atoms with Gasteiger partial charge in [0.2, 0.25) is 0 Å². The monoisotopic (exact) mass is 531 g/mol. The lowest BCUT2D eigenvalue weighted by atomic mass is 9.80. The van der Waals surface area contributed by atoms with E-state index < -0.39 is 17.7 Å². The van der Waals surface area contributed by atoms with E-state index in [1.807, 2.05) is 84.2 Å². The van der Waals surface area contributed by atoms with Crippen LogP contribution in [0.2, 0.25) is 0 Å². The zero-order valence-corrected chi connectivity index (χ0v) is 21.3. The van der Waals surface area contributed by atoms with Gasteiger partial charge in [0.1, 0.15) is 17.1 Å². The number of hydrogen-bond acceptors (Lipinski definition) is 5. The van der Waals surface area contributed by atoms with Crippen molar-refractivity contribution in [3.63, 3.8) is 0 Å². The molecule has 0 saturated carbocycles. The van der Waals surface area contributed by atoms with Crippen LogP contribution in [0.3, 0.4) is 0 Å². The molecule has 0 bridgehead atoms. The Bertz CT molecular complexity index is 1090. The number of nitrogens with one attached hydrogen (secondary N) is 1. The Labute approximate surface area is 220 Å². The SMILES string of the molecule is COc1ccc(C(OCC(CO)CCCNC(=O)C(F)(F)F)(c2ccccc2)c2ccc(OC)cc2)cc1. The number of hydrogen-bond donors (Lipinski definition) is 2. The number of halogens is 3. The van der Waals surface area contributed by atoms with Gasteiger partial charge in [-0.05, 0) is 53.8 Å². The van der Waals surface area contributed by atoms with Gasteiger partial charge in [0.05, 0.1) is 20.8 Å². The predicted octanol–water partition coefficient (Wildman–Crippen LogP) is 5.08. The quantitative estimate of drug-likeness (QED) is 0.238. The number of alkyl halides is 3. The molecule has 0 aliphatic heterocycles. The van der Waals surface area contributed by atoms with Crippen LogP contribution >= 0.6 is 0 Å². The summed E-state index contributed by atoms with van der Waals surface area (Å²) >= 11 is 0. The molecule has 3 aromatic rings. The van der Waals surface area contributed by atoms with Gasteiger partial charge in [0, 0.05) is 19.1 Å². The minimum Gasteiger partial charge on any atom is -0.497 e. The smallest absolute Gasteiger partial charge is 0.471 e. The molecule has 0 aromatic heterocycles. The van der Waals surface area contributed by atoms with E-state index in [2.05, 4.69) is 0 Å². The Morgan fingerprint density at radius 1 is 0.842 bits per heavy atom. The van der Waals surface area contributed by atoms with Gasteiger partial charge in [0.15, 0.2) is 0 Å². The maximum Gasteiger partial charge on any atom is 0.471 e. The maximum absolute atomic E-state index is 12.4. The minimum atomic E-state index is -4.93. The first-order valence-corrected chi connectivity index (χ1v) is 12.2. The molecule has 1 amide bonds. The van der Waals surface area contributed by atoms with Gasteiger partial charge in [-0.15, -0.1) is 0 Å². The molecule has 9 heteroatoms. The lowest BCUT2D eigenvalue weighted by Crippen LogP contribution is -2.37. The van der Waals surface area contributed by atoms with Gasteiger partial charge in [-0.1, -0.05) is 54.6 Å². The van der Waals surface area contributed by atoms with Crippen LogP contribution in [0, 0.1) is 5.92 Å². The van der Waals surface area contributed by atoms with Crippen LogP contribution in [0.1, 0.15) is 29.5 Å². The van der Waals surface area contributed by atoms with Crippen molar-refractivity contribution in [2.45, 2.75) is 24.6 Å². The molecular formula is C29H32F3NO5. The summed E-state index contributed by atoms with van der Waals surface area (Å²) in [5.41, 5.74) is 1.43. The third-order valence-electron chi connectivity index (χ3n) is 6.30. The fourth-order valence-corrected chi connectivity index (χ4v) is 4.24. The first kappa shape index (κ1) is 29.0. The molecule has 0 saturated heterocycles. The van der Waals surface area contributed by atoms with Gasteiger partial charge in [-0.3, -0.25) is 4.79 Å². The average molecular weight is 532 g/mol. The molecule has 0 aliphatic carbocycles. The van der Waals surface area contributed by atoms with Gasteiger partial charge < -0.3 is 24.6 Å². The van der Waals surface area contributed by atoms with Crippen molar-refractivity contribution in [1.82, 2.24) is 5.32 Å². The van der Waals surface area contributed by atoms with Crippen LogP contribution in [-0.2, 0) is 15.1 Å². The fourth-order valence-electron chi connectivity index (χ4n) is 4.24. The predicted molar refractivity (Wildman–Crippen MR) is 137 cm³/mol. The second-order valence-electron chi connectivity index (χ2n) is 8.76. The molecule has 0 fully saturated rings. The number of amides is 1. The van der Waals surface area contributed by atoms with E-state index in [4.69, 9.17) is 14.2 Å². The second kappa shape index (κ2) is 13.3. The standard InChI is InChI=1S/C29H32F3NO5/c1-36-25-14-10-23(11-15-25)28(22-8-4-3-5-9-22,24-12-16-26(37-2)17-13-24)38-20-21(19-34)7-6-18-33-27(35)29(30,31)32/h3-5,8-17,21,34H,6-7,18-20H2,1-2H3,(H,33,35). The molecule has 0 heterocycles. The summed E-state index contributed by atoms with van der Waals surface area (Å²) < 4.78 is 54.7. The molecule has 1 atom stereocenters. The topological polar surface area (TPSA) is 77.0 Å². The van der Waals surface area contributed by atoms with Gasteiger partial charge in [0.25, 0.3) is 0 Å². The highest BCUT2D eigenvalue weighted by atomic mass is 19.4. The van der Waals surface area contributed by atoms with Crippen LogP contribution in [0.5, 0.6) is 11.5 Å². The van der Waals surface area contributed by atoms with Crippen LogP contribution in [0.15, 0.2) is 78.9 Å². The van der Waals surface area contributed by atoms with E-state index in [0.717, 1.165) is 16.7 Å². The molecule has 2 N–H and O–H groups in total. The number of benzene rings is 3. The van der Waals surface area contributed by atoms with Crippen molar-refractivity contribution < 1.29 is 37.3 Å². The van der Waals surface area contributed by atoms with Gasteiger partial charge in [-0.2, -0.15) is 13.2 Å². The van der Waals surface area contributed by atoms with Crippen LogP contribution < -0.4 is 14.8 Å². The minimum absolute atomic E-state index is 0.108. The van der Waals surface area contributed by atoms with E-state index in [-0.39, 0.29) is 32.1 Å². The van der Waals surface area contributed by atoms with Gasteiger partial charge >= 0.3 is 12.1 Å². The third kappa shape index (κ3) is 7.05.